The smallest absolute Gasteiger partial charge is 0.299 e. The van der Waals surface area contributed by atoms with Crippen LogP contribution in [0.1, 0.15) is 37.7 Å². The summed E-state index contributed by atoms with van der Waals surface area (Å²) in [4.78, 5) is 2.07. The number of likely N-dealkylation sites (N-methyl/N-ethyl adjacent to an activating group) is 1. The Bertz CT molecular complexity index is 827. The van der Waals surface area contributed by atoms with Crippen molar-refractivity contribution in [1.82, 2.24) is 9.21 Å². The predicted octanol–water partition coefficient (Wildman–Crippen LogP) is 5.20. The van der Waals surface area contributed by atoms with Crippen LogP contribution in [-0.4, -0.2) is 51.4 Å². The van der Waals surface area contributed by atoms with Gasteiger partial charge in [-0.25, -0.2) is 12.7 Å². The van der Waals surface area contributed by atoms with E-state index in [0.717, 1.165) is 69.5 Å². The molecule has 1 aliphatic carbocycles. The molecule has 4 nitrogen and oxygen atoms in total. The van der Waals surface area contributed by atoms with E-state index in [9.17, 15) is 21.6 Å². The number of hydrogen-bond donors (Lipinski definition) is 0. The summed E-state index contributed by atoms with van der Waals surface area (Å²) < 4.78 is 64.7. The average Bonchev–Trinajstić information content (AvgIpc) is 2.72. The fourth-order valence-corrected chi connectivity index (χ4v) is 5.06. The second-order valence-corrected chi connectivity index (χ2v) is 10.4. The van der Waals surface area contributed by atoms with Gasteiger partial charge in [-0.2, -0.15) is 13.2 Å². The summed E-state index contributed by atoms with van der Waals surface area (Å²) in [6.07, 6.45) is 6.98. The molecule has 0 saturated heterocycles. The third kappa shape index (κ3) is 7.77. The normalized spacial score (nSPS) is 20.6. The highest BCUT2D eigenvalue weighted by molar-refractivity contribution is 7.89. The van der Waals surface area contributed by atoms with Gasteiger partial charge in [-0.1, -0.05) is 18.2 Å². The zero-order valence-electron chi connectivity index (χ0n) is 18.3. The van der Waals surface area contributed by atoms with Gasteiger partial charge in [0.25, 0.3) is 0 Å². The second kappa shape index (κ2) is 11.3. The van der Waals surface area contributed by atoms with E-state index < -0.39 is 21.8 Å². The highest BCUT2D eigenvalue weighted by Crippen LogP contribution is 2.33. The quantitative estimate of drug-likeness (QED) is 0.453. The van der Waals surface area contributed by atoms with Crippen LogP contribution in [0.15, 0.2) is 54.0 Å². The molecule has 0 amide bonds. The molecule has 1 saturated carbocycles. The molecule has 31 heavy (non-hydrogen) atoms. The van der Waals surface area contributed by atoms with Crippen LogP contribution in [0.3, 0.4) is 0 Å². The highest BCUT2D eigenvalue weighted by atomic mass is 32.2. The molecule has 0 N–H and O–H groups in total. The van der Waals surface area contributed by atoms with Crippen molar-refractivity contribution in [3.63, 3.8) is 0 Å². The van der Waals surface area contributed by atoms with Crippen LogP contribution in [-0.2, 0) is 16.2 Å². The molecule has 0 radical (unpaired) electrons. The maximum Gasteiger partial charge on any atom is 0.416 e. The van der Waals surface area contributed by atoms with Crippen LogP contribution in [0.2, 0.25) is 0 Å². The van der Waals surface area contributed by atoms with Gasteiger partial charge in [-0.05, 0) is 75.3 Å². The lowest BCUT2D eigenvalue weighted by atomic mass is 9.80. The Kier molecular flexibility index (Phi) is 9.33. The minimum Gasteiger partial charge on any atom is -0.299 e. The van der Waals surface area contributed by atoms with Gasteiger partial charge >= 0.3 is 6.18 Å². The lowest BCUT2D eigenvalue weighted by molar-refractivity contribution is -0.137. The molecule has 0 atom stereocenters. The number of benzene rings is 1. The van der Waals surface area contributed by atoms with Gasteiger partial charge in [0.15, 0.2) is 0 Å². The lowest BCUT2D eigenvalue weighted by Crippen LogP contribution is -2.30. The minimum atomic E-state index is -4.48. The van der Waals surface area contributed by atoms with Gasteiger partial charge in [-0.3, -0.25) is 4.90 Å². The van der Waals surface area contributed by atoms with Crippen LogP contribution in [0.4, 0.5) is 13.2 Å². The zero-order valence-corrected chi connectivity index (χ0v) is 19.1. The van der Waals surface area contributed by atoms with Crippen molar-refractivity contribution in [3.05, 3.63) is 54.6 Å². The Balaban J connectivity index is 1.80. The van der Waals surface area contributed by atoms with Crippen molar-refractivity contribution in [2.75, 3.05) is 33.7 Å². The molecule has 0 heterocycles. The van der Waals surface area contributed by atoms with Crippen molar-refractivity contribution >= 4 is 10.0 Å². The molecule has 0 aromatic heterocycles. The summed E-state index contributed by atoms with van der Waals surface area (Å²) in [6.45, 7) is 5.86. The Morgan fingerprint density at radius 2 is 1.68 bits per heavy atom. The zero-order chi connectivity index (χ0) is 23.1. The van der Waals surface area contributed by atoms with E-state index in [0.29, 0.717) is 18.4 Å². The fourth-order valence-electron chi connectivity index (χ4n) is 3.88. The molecule has 8 heteroatoms. The van der Waals surface area contributed by atoms with E-state index in [1.807, 2.05) is 6.08 Å². The van der Waals surface area contributed by atoms with Crippen molar-refractivity contribution in [2.24, 2.45) is 11.8 Å². The number of hydrogen-bond acceptors (Lipinski definition) is 3. The van der Waals surface area contributed by atoms with Gasteiger partial charge in [0.2, 0.25) is 10.0 Å². The van der Waals surface area contributed by atoms with Gasteiger partial charge in [-0.15, -0.1) is 6.58 Å². The standard InChI is InChI=1S/C23H33F3N2O2S/c1-4-16-27(2)17-5-6-19-7-9-20(10-8-19)15-18-28(3)31(29,30)22-13-11-21(12-14-22)23(24,25)26/h4-6,11-14,19-20H,1,7-10,15-18H2,2-3H3/b6-5+/t19-,20-. The molecular weight excluding hydrogens is 425 g/mol. The van der Waals surface area contributed by atoms with E-state index in [-0.39, 0.29) is 4.90 Å². The summed E-state index contributed by atoms with van der Waals surface area (Å²) in [7, 11) is -0.254. The van der Waals surface area contributed by atoms with Crippen molar-refractivity contribution in [3.8, 4) is 0 Å². The number of sulfonamides is 1. The van der Waals surface area contributed by atoms with Crippen LogP contribution >= 0.6 is 0 Å². The highest BCUT2D eigenvalue weighted by Gasteiger charge is 2.31. The first kappa shape index (κ1) is 25.6. The van der Waals surface area contributed by atoms with Crippen molar-refractivity contribution in [1.29, 1.82) is 0 Å². The first-order valence-corrected chi connectivity index (χ1v) is 12.1. The van der Waals surface area contributed by atoms with E-state index in [4.69, 9.17) is 0 Å². The molecule has 1 aromatic rings. The maximum atomic E-state index is 12.7. The molecule has 0 spiro atoms. The van der Waals surface area contributed by atoms with E-state index in [1.54, 1.807) is 0 Å². The molecule has 1 aromatic carbocycles. The summed E-state index contributed by atoms with van der Waals surface area (Å²) in [6, 6.07) is 3.67. The molecule has 174 valence electrons. The third-order valence-electron chi connectivity index (χ3n) is 5.90. The molecule has 1 fully saturated rings. The molecule has 0 bridgehead atoms. The van der Waals surface area contributed by atoms with E-state index in [2.05, 4.69) is 30.7 Å². The van der Waals surface area contributed by atoms with Crippen molar-refractivity contribution < 1.29 is 21.6 Å². The van der Waals surface area contributed by atoms with Gasteiger partial charge in [0, 0.05) is 26.7 Å². The molecule has 0 aliphatic heterocycles. The van der Waals surface area contributed by atoms with Crippen LogP contribution in [0.5, 0.6) is 0 Å². The molecule has 1 aliphatic rings. The monoisotopic (exact) mass is 458 g/mol. The molecule has 2 rings (SSSR count). The number of rotatable bonds is 10. The van der Waals surface area contributed by atoms with E-state index >= 15 is 0 Å². The van der Waals surface area contributed by atoms with Gasteiger partial charge in [0.05, 0.1) is 10.5 Å². The van der Waals surface area contributed by atoms with Gasteiger partial charge < -0.3 is 0 Å². The molecule has 0 unspecified atom stereocenters. The largest absolute Gasteiger partial charge is 0.416 e. The fraction of sp³-hybridized carbons (Fsp3) is 0.565. The van der Waals surface area contributed by atoms with Crippen LogP contribution < -0.4 is 0 Å². The summed E-state index contributed by atoms with van der Waals surface area (Å²) in [5, 5.41) is 0. The Labute approximate surface area is 184 Å². The Morgan fingerprint density at radius 3 is 2.23 bits per heavy atom. The maximum absolute atomic E-state index is 12.7. The third-order valence-corrected chi connectivity index (χ3v) is 7.77. The van der Waals surface area contributed by atoms with Crippen LogP contribution in [0, 0.1) is 11.8 Å². The number of nitrogens with zero attached hydrogens (tertiary/aromatic N) is 2. The van der Waals surface area contributed by atoms with Gasteiger partial charge in [0.1, 0.15) is 0 Å². The summed E-state index contributed by atoms with van der Waals surface area (Å²) in [5.41, 5.74) is -0.854. The van der Waals surface area contributed by atoms with E-state index in [1.165, 1.54) is 11.4 Å². The minimum absolute atomic E-state index is 0.113. The average molecular weight is 459 g/mol. The number of alkyl halides is 3. The Hall–Kier alpha value is -1.64. The summed E-state index contributed by atoms with van der Waals surface area (Å²) >= 11 is 0. The predicted molar refractivity (Wildman–Crippen MR) is 118 cm³/mol. The van der Waals surface area contributed by atoms with Crippen molar-refractivity contribution in [2.45, 2.75) is 43.2 Å². The lowest BCUT2D eigenvalue weighted by Gasteiger charge is -2.28. The second-order valence-electron chi connectivity index (χ2n) is 8.36. The number of allylic oxidation sites excluding steroid dienone is 1. The number of halogens is 3. The summed E-state index contributed by atoms with van der Waals surface area (Å²) in [5.74, 6) is 1.04. The Morgan fingerprint density at radius 1 is 1.06 bits per heavy atom. The SMILES string of the molecule is C=CCN(C)C/C=C/[C@H]1CC[C@H](CCN(C)S(=O)(=O)c2ccc(C(F)(F)F)cc2)CC1. The first-order chi connectivity index (χ1) is 14.5. The first-order valence-electron chi connectivity index (χ1n) is 10.6. The van der Waals surface area contributed by atoms with Crippen LogP contribution in [0.25, 0.3) is 0 Å². The molecular formula is C23H33F3N2O2S. The topological polar surface area (TPSA) is 40.6 Å².